The average molecular weight is 228 g/mol. The lowest BCUT2D eigenvalue weighted by atomic mass is 9.86. The zero-order valence-corrected chi connectivity index (χ0v) is 11.0. The number of ether oxygens (including phenoxy) is 1. The van der Waals surface area contributed by atoms with Gasteiger partial charge in [-0.15, -0.1) is 0 Å². The third kappa shape index (κ3) is 3.19. The smallest absolute Gasteiger partial charge is 0.240 e. The zero-order valence-electron chi connectivity index (χ0n) is 11.0. The van der Waals surface area contributed by atoms with E-state index in [0.717, 1.165) is 0 Å². The fourth-order valence-electron chi connectivity index (χ4n) is 1.92. The van der Waals surface area contributed by atoms with Gasteiger partial charge in [-0.25, -0.2) is 0 Å². The normalized spacial score (nSPS) is 29.0. The maximum atomic E-state index is 12.2. The van der Waals surface area contributed by atoms with E-state index in [1.54, 1.807) is 0 Å². The Kier molecular flexibility index (Phi) is 3.97. The quantitative estimate of drug-likeness (QED) is 0.728. The third-order valence-corrected chi connectivity index (χ3v) is 2.93. The number of amides is 1. The molecule has 1 aliphatic rings. The minimum Gasteiger partial charge on any atom is -0.372 e. The van der Waals surface area contributed by atoms with Gasteiger partial charge in [-0.1, -0.05) is 20.8 Å². The molecule has 0 spiro atoms. The van der Waals surface area contributed by atoms with E-state index in [-0.39, 0.29) is 23.5 Å². The summed E-state index contributed by atoms with van der Waals surface area (Å²) < 4.78 is 5.60. The Labute approximate surface area is 98.1 Å². The summed E-state index contributed by atoms with van der Waals surface area (Å²) in [6.07, 6.45) is 0.194. The molecule has 1 rings (SSSR count). The second-order valence-electron chi connectivity index (χ2n) is 5.84. The number of hydrogen-bond acceptors (Lipinski definition) is 3. The molecule has 3 atom stereocenters. The van der Waals surface area contributed by atoms with Crippen LogP contribution in [0, 0.1) is 5.41 Å². The first-order valence-corrected chi connectivity index (χ1v) is 5.91. The van der Waals surface area contributed by atoms with E-state index in [9.17, 15) is 4.79 Å². The van der Waals surface area contributed by atoms with Crippen molar-refractivity contribution in [2.24, 2.45) is 11.1 Å². The molecule has 1 saturated heterocycles. The van der Waals surface area contributed by atoms with Gasteiger partial charge in [-0.05, 0) is 19.3 Å². The van der Waals surface area contributed by atoms with Crippen LogP contribution in [-0.2, 0) is 9.53 Å². The molecule has 0 aromatic carbocycles. The van der Waals surface area contributed by atoms with Crippen molar-refractivity contribution in [1.29, 1.82) is 0 Å². The van der Waals surface area contributed by atoms with Crippen molar-refractivity contribution < 1.29 is 9.53 Å². The first kappa shape index (κ1) is 13.5. The number of nitrogens with zero attached hydrogens (tertiary/aromatic N) is 1. The predicted octanol–water partition coefficient (Wildman–Crippen LogP) is 0.996. The van der Waals surface area contributed by atoms with Crippen LogP contribution in [0.15, 0.2) is 0 Å². The molecular weight excluding hydrogens is 204 g/mol. The summed E-state index contributed by atoms with van der Waals surface area (Å²) in [5, 5.41) is 0. The molecule has 0 bridgehead atoms. The Morgan fingerprint density at radius 1 is 1.31 bits per heavy atom. The van der Waals surface area contributed by atoms with Crippen molar-refractivity contribution >= 4 is 5.91 Å². The molecule has 0 aliphatic carbocycles. The average Bonchev–Trinajstić information content (AvgIpc) is 2.12. The fourth-order valence-corrected chi connectivity index (χ4v) is 1.92. The van der Waals surface area contributed by atoms with Gasteiger partial charge in [-0.3, -0.25) is 4.79 Å². The number of rotatable bonds is 1. The van der Waals surface area contributed by atoms with Gasteiger partial charge in [-0.2, -0.15) is 0 Å². The monoisotopic (exact) mass is 228 g/mol. The summed E-state index contributed by atoms with van der Waals surface area (Å²) in [5.74, 6) is 0.0366. The molecule has 0 radical (unpaired) electrons. The van der Waals surface area contributed by atoms with E-state index in [1.165, 1.54) is 0 Å². The van der Waals surface area contributed by atoms with Gasteiger partial charge in [0.05, 0.1) is 18.2 Å². The molecule has 1 fully saturated rings. The van der Waals surface area contributed by atoms with Gasteiger partial charge in [0.1, 0.15) is 0 Å². The van der Waals surface area contributed by atoms with Crippen molar-refractivity contribution in [3.05, 3.63) is 0 Å². The number of hydrogen-bond donors (Lipinski definition) is 1. The first-order chi connectivity index (χ1) is 7.21. The largest absolute Gasteiger partial charge is 0.372 e. The highest BCUT2D eigenvalue weighted by molar-refractivity contribution is 5.82. The van der Waals surface area contributed by atoms with Crippen LogP contribution in [0.1, 0.15) is 34.6 Å². The molecule has 1 amide bonds. The lowest BCUT2D eigenvalue weighted by molar-refractivity contribution is -0.146. The molecule has 0 saturated carbocycles. The molecule has 4 nitrogen and oxygen atoms in total. The zero-order chi connectivity index (χ0) is 12.5. The van der Waals surface area contributed by atoms with Gasteiger partial charge >= 0.3 is 0 Å². The van der Waals surface area contributed by atoms with Crippen LogP contribution in [0.3, 0.4) is 0 Å². The van der Waals surface area contributed by atoms with Crippen LogP contribution in [0.4, 0.5) is 0 Å². The second kappa shape index (κ2) is 4.72. The summed E-state index contributed by atoms with van der Waals surface area (Å²) in [6, 6.07) is -0.440. The van der Waals surface area contributed by atoms with E-state index in [2.05, 4.69) is 0 Å². The summed E-state index contributed by atoms with van der Waals surface area (Å²) in [5.41, 5.74) is 5.79. The highest BCUT2D eigenvalue weighted by Gasteiger charge is 2.34. The van der Waals surface area contributed by atoms with Gasteiger partial charge in [0.2, 0.25) is 5.91 Å². The van der Waals surface area contributed by atoms with Crippen molar-refractivity contribution in [2.75, 3.05) is 13.1 Å². The third-order valence-electron chi connectivity index (χ3n) is 2.93. The Morgan fingerprint density at radius 3 is 2.12 bits per heavy atom. The summed E-state index contributed by atoms with van der Waals surface area (Å²) >= 11 is 0. The maximum absolute atomic E-state index is 12.2. The lowest BCUT2D eigenvalue weighted by Crippen LogP contribution is -2.56. The Hall–Kier alpha value is -0.610. The summed E-state index contributed by atoms with van der Waals surface area (Å²) in [7, 11) is 0. The number of morpholine rings is 1. The van der Waals surface area contributed by atoms with Crippen LogP contribution < -0.4 is 5.73 Å². The van der Waals surface area contributed by atoms with Crippen LogP contribution in [-0.4, -0.2) is 42.1 Å². The van der Waals surface area contributed by atoms with Crippen molar-refractivity contribution in [2.45, 2.75) is 52.9 Å². The molecule has 2 N–H and O–H groups in total. The van der Waals surface area contributed by atoms with Gasteiger partial charge in [0, 0.05) is 13.1 Å². The standard InChI is InChI=1S/C12H24N2O2/c1-8-6-14(7-9(2)16-8)11(15)10(13)12(3,4)5/h8-10H,6-7,13H2,1-5H3/t8-,9+,10-/m0/s1. The maximum Gasteiger partial charge on any atom is 0.240 e. The molecule has 16 heavy (non-hydrogen) atoms. The van der Waals surface area contributed by atoms with Gasteiger partial charge in [0.15, 0.2) is 0 Å². The van der Waals surface area contributed by atoms with Crippen LogP contribution in [0.25, 0.3) is 0 Å². The van der Waals surface area contributed by atoms with Crippen LogP contribution >= 0.6 is 0 Å². The van der Waals surface area contributed by atoms with Crippen molar-refractivity contribution in [3.8, 4) is 0 Å². The Morgan fingerprint density at radius 2 is 1.75 bits per heavy atom. The highest BCUT2D eigenvalue weighted by Crippen LogP contribution is 2.21. The number of carbonyl (C=O) groups excluding carboxylic acids is 1. The van der Waals surface area contributed by atoms with E-state index in [0.29, 0.717) is 13.1 Å². The van der Waals surface area contributed by atoms with E-state index in [4.69, 9.17) is 10.5 Å². The highest BCUT2D eigenvalue weighted by atomic mass is 16.5. The van der Waals surface area contributed by atoms with E-state index < -0.39 is 6.04 Å². The molecule has 0 unspecified atom stereocenters. The number of nitrogens with two attached hydrogens (primary N) is 1. The second-order valence-corrected chi connectivity index (χ2v) is 5.84. The van der Waals surface area contributed by atoms with Crippen molar-refractivity contribution in [3.63, 3.8) is 0 Å². The lowest BCUT2D eigenvalue weighted by Gasteiger charge is -2.38. The van der Waals surface area contributed by atoms with E-state index >= 15 is 0 Å². The minimum atomic E-state index is -0.440. The van der Waals surface area contributed by atoms with Crippen LogP contribution in [0.2, 0.25) is 0 Å². The fraction of sp³-hybridized carbons (Fsp3) is 0.917. The molecule has 94 valence electrons. The summed E-state index contributed by atoms with van der Waals surface area (Å²) in [6.45, 7) is 11.2. The molecule has 0 aromatic heterocycles. The topological polar surface area (TPSA) is 55.6 Å². The molecule has 1 heterocycles. The molecule has 1 aliphatic heterocycles. The van der Waals surface area contributed by atoms with Gasteiger partial charge in [0.25, 0.3) is 0 Å². The van der Waals surface area contributed by atoms with Crippen molar-refractivity contribution in [1.82, 2.24) is 4.90 Å². The van der Waals surface area contributed by atoms with Gasteiger partial charge < -0.3 is 15.4 Å². The minimum absolute atomic E-state index is 0.0366. The molecule has 0 aromatic rings. The predicted molar refractivity (Wildman–Crippen MR) is 64.0 cm³/mol. The Balaban J connectivity index is 2.67. The van der Waals surface area contributed by atoms with Crippen LogP contribution in [0.5, 0.6) is 0 Å². The molecular formula is C12H24N2O2. The molecule has 4 heteroatoms. The Bertz CT molecular complexity index is 250. The van der Waals surface area contributed by atoms with E-state index in [1.807, 2.05) is 39.5 Å². The summed E-state index contributed by atoms with van der Waals surface area (Å²) in [4.78, 5) is 14.0. The SMILES string of the molecule is C[C@@H]1CN(C(=O)[C@H](N)C(C)(C)C)C[C@H](C)O1. The first-order valence-electron chi connectivity index (χ1n) is 5.91. The number of carbonyl (C=O) groups is 1.